The van der Waals surface area contributed by atoms with Crippen molar-refractivity contribution in [2.75, 3.05) is 5.32 Å². The van der Waals surface area contributed by atoms with Crippen molar-refractivity contribution in [3.8, 4) is 0 Å². The predicted molar refractivity (Wildman–Crippen MR) is 87.5 cm³/mol. The van der Waals surface area contributed by atoms with Crippen LogP contribution in [0, 0.1) is 11.6 Å². The van der Waals surface area contributed by atoms with Crippen LogP contribution in [0.4, 0.5) is 14.5 Å². The maximum Gasteiger partial charge on any atom is 0.256 e. The quantitative estimate of drug-likeness (QED) is 0.842. The summed E-state index contributed by atoms with van der Waals surface area (Å²) in [6.45, 7) is 6.93. The molecular formula is C18H21F2NO6. The van der Waals surface area contributed by atoms with Crippen LogP contribution < -0.4 is 5.32 Å². The molecule has 1 aromatic rings. The Morgan fingerprint density at radius 2 is 1.56 bits per heavy atom. The van der Waals surface area contributed by atoms with Gasteiger partial charge in [-0.2, -0.15) is 0 Å². The number of anilines is 1. The molecule has 0 unspecified atom stereocenters. The highest BCUT2D eigenvalue weighted by molar-refractivity contribution is 5.94. The Labute approximate surface area is 154 Å². The van der Waals surface area contributed by atoms with Gasteiger partial charge in [0.1, 0.15) is 18.3 Å². The summed E-state index contributed by atoms with van der Waals surface area (Å²) < 4.78 is 55.7. The molecule has 7 nitrogen and oxygen atoms in total. The molecule has 3 aliphatic rings. The normalized spacial score (nSPS) is 36.1. The fraction of sp³-hybridized carbons (Fsp3) is 0.611. The molecule has 5 atom stereocenters. The van der Waals surface area contributed by atoms with Gasteiger partial charge >= 0.3 is 0 Å². The summed E-state index contributed by atoms with van der Waals surface area (Å²) in [7, 11) is 0. The topological polar surface area (TPSA) is 75.3 Å². The molecule has 0 radical (unpaired) electrons. The second kappa shape index (κ2) is 6.18. The van der Waals surface area contributed by atoms with Crippen molar-refractivity contribution in [2.24, 2.45) is 0 Å². The molecule has 0 bridgehead atoms. The molecule has 27 heavy (non-hydrogen) atoms. The van der Waals surface area contributed by atoms with Crippen LogP contribution in [0.5, 0.6) is 0 Å². The first kappa shape index (κ1) is 18.7. The molecule has 3 aliphatic heterocycles. The van der Waals surface area contributed by atoms with Gasteiger partial charge in [-0.1, -0.05) is 0 Å². The van der Waals surface area contributed by atoms with Crippen molar-refractivity contribution in [3.63, 3.8) is 0 Å². The van der Waals surface area contributed by atoms with Gasteiger partial charge in [-0.3, -0.25) is 4.79 Å². The van der Waals surface area contributed by atoms with Crippen molar-refractivity contribution in [1.29, 1.82) is 0 Å². The lowest BCUT2D eigenvalue weighted by atomic mass is 9.98. The van der Waals surface area contributed by atoms with Gasteiger partial charge in [0.25, 0.3) is 5.91 Å². The zero-order valence-electron chi connectivity index (χ0n) is 15.3. The third-order valence-corrected chi connectivity index (χ3v) is 4.60. The van der Waals surface area contributed by atoms with Gasteiger partial charge in [0.2, 0.25) is 0 Å². The first-order valence-corrected chi connectivity index (χ1v) is 8.67. The Balaban J connectivity index is 1.57. The minimum Gasteiger partial charge on any atom is -0.342 e. The highest BCUT2D eigenvalue weighted by atomic mass is 19.2. The van der Waals surface area contributed by atoms with Crippen molar-refractivity contribution in [1.82, 2.24) is 0 Å². The molecule has 1 amide bonds. The third-order valence-electron chi connectivity index (χ3n) is 4.60. The second-order valence-corrected chi connectivity index (χ2v) is 7.71. The van der Waals surface area contributed by atoms with Gasteiger partial charge in [-0.05, 0) is 39.8 Å². The number of hydrogen-bond donors (Lipinski definition) is 1. The third kappa shape index (κ3) is 3.45. The Bertz CT molecular complexity index is 770. The Morgan fingerprint density at radius 3 is 2.26 bits per heavy atom. The molecule has 0 saturated carbocycles. The first-order valence-electron chi connectivity index (χ1n) is 8.67. The van der Waals surface area contributed by atoms with E-state index < -0.39 is 59.8 Å². The fourth-order valence-corrected chi connectivity index (χ4v) is 3.61. The lowest BCUT2D eigenvalue weighted by Gasteiger charge is -2.36. The van der Waals surface area contributed by atoms with Crippen LogP contribution in [0.2, 0.25) is 0 Å². The molecule has 0 aliphatic carbocycles. The van der Waals surface area contributed by atoms with Gasteiger partial charge in [0.05, 0.1) is 0 Å². The summed E-state index contributed by atoms with van der Waals surface area (Å²) in [4.78, 5) is 12.8. The van der Waals surface area contributed by atoms with Crippen LogP contribution in [0.3, 0.4) is 0 Å². The highest BCUT2D eigenvalue weighted by Crippen LogP contribution is 2.44. The van der Waals surface area contributed by atoms with Crippen molar-refractivity contribution in [3.05, 3.63) is 29.8 Å². The zero-order valence-corrected chi connectivity index (χ0v) is 15.3. The summed E-state index contributed by atoms with van der Waals surface area (Å²) in [5, 5.41) is 2.52. The van der Waals surface area contributed by atoms with Crippen molar-refractivity contribution in [2.45, 2.75) is 70.0 Å². The molecule has 4 rings (SSSR count). The maximum atomic E-state index is 13.4. The van der Waals surface area contributed by atoms with Crippen LogP contribution in [0.25, 0.3) is 0 Å². The molecule has 0 aromatic heterocycles. The second-order valence-electron chi connectivity index (χ2n) is 7.71. The van der Waals surface area contributed by atoms with E-state index in [0.717, 1.165) is 12.1 Å². The average molecular weight is 385 g/mol. The summed E-state index contributed by atoms with van der Waals surface area (Å²) >= 11 is 0. The zero-order chi connectivity index (χ0) is 19.6. The SMILES string of the molecule is CC1(C)O[C@@H]2O[C@@H](C(=O)Nc3ccc(F)c(F)c3)[C@H]3OC(C)(C)O[C@H]3[C@H]2O1. The number of amides is 1. The molecule has 148 valence electrons. The van der Waals surface area contributed by atoms with E-state index in [1.54, 1.807) is 27.7 Å². The molecule has 3 heterocycles. The van der Waals surface area contributed by atoms with E-state index in [2.05, 4.69) is 5.32 Å². The van der Waals surface area contributed by atoms with Crippen molar-refractivity contribution >= 4 is 11.6 Å². The Morgan fingerprint density at radius 1 is 0.926 bits per heavy atom. The van der Waals surface area contributed by atoms with E-state index in [1.165, 1.54) is 6.07 Å². The predicted octanol–water partition coefficient (Wildman–Crippen LogP) is 2.30. The highest BCUT2D eigenvalue weighted by Gasteiger charge is 2.62. The van der Waals surface area contributed by atoms with Gasteiger partial charge in [0.15, 0.2) is 35.6 Å². The number of rotatable bonds is 2. The smallest absolute Gasteiger partial charge is 0.256 e. The van der Waals surface area contributed by atoms with E-state index in [9.17, 15) is 13.6 Å². The van der Waals surface area contributed by atoms with Crippen LogP contribution in [-0.2, 0) is 28.5 Å². The number of ether oxygens (including phenoxy) is 5. The summed E-state index contributed by atoms with van der Waals surface area (Å²) in [6, 6.07) is 3.08. The summed E-state index contributed by atoms with van der Waals surface area (Å²) in [6.07, 6.45) is -3.78. The van der Waals surface area contributed by atoms with Gasteiger partial charge in [-0.15, -0.1) is 0 Å². The van der Waals surface area contributed by atoms with Crippen LogP contribution in [-0.4, -0.2) is 48.2 Å². The number of nitrogens with one attached hydrogen (secondary N) is 1. The minimum absolute atomic E-state index is 0.100. The van der Waals surface area contributed by atoms with Gasteiger partial charge < -0.3 is 29.0 Å². The first-order chi connectivity index (χ1) is 12.5. The maximum absolute atomic E-state index is 13.4. The molecule has 3 fully saturated rings. The molecule has 3 saturated heterocycles. The average Bonchev–Trinajstić information content (AvgIpc) is 3.04. The van der Waals surface area contributed by atoms with E-state index >= 15 is 0 Å². The monoisotopic (exact) mass is 385 g/mol. The largest absolute Gasteiger partial charge is 0.342 e. The van der Waals surface area contributed by atoms with Crippen LogP contribution in [0.1, 0.15) is 27.7 Å². The van der Waals surface area contributed by atoms with E-state index in [-0.39, 0.29) is 5.69 Å². The van der Waals surface area contributed by atoms with Gasteiger partial charge in [-0.25, -0.2) is 8.78 Å². The number of benzene rings is 1. The number of hydrogen-bond acceptors (Lipinski definition) is 6. The number of halogens is 2. The standard InChI is InChI=1S/C18H21F2NO6/c1-17(2)24-11-12(25-17)14-16(27-18(3,4)26-14)23-13(11)15(22)21-8-5-6-9(19)10(20)7-8/h5-7,11-14,16H,1-4H3,(H,21,22)/t11-,12+,13+,14+,16-/m0/s1. The Kier molecular flexibility index (Phi) is 4.28. The molecule has 1 N–H and O–H groups in total. The fourth-order valence-electron chi connectivity index (χ4n) is 3.61. The lowest BCUT2D eigenvalue weighted by molar-refractivity contribution is -0.229. The Hall–Kier alpha value is -1.65. The van der Waals surface area contributed by atoms with Gasteiger partial charge in [0, 0.05) is 11.8 Å². The van der Waals surface area contributed by atoms with Crippen LogP contribution in [0.15, 0.2) is 18.2 Å². The number of fused-ring (bicyclic) bond motifs is 3. The van der Waals surface area contributed by atoms with Crippen LogP contribution >= 0.6 is 0 Å². The van der Waals surface area contributed by atoms with E-state index in [0.29, 0.717) is 0 Å². The molecule has 0 spiro atoms. The lowest BCUT2D eigenvalue weighted by Crippen LogP contribution is -2.58. The summed E-state index contributed by atoms with van der Waals surface area (Å²) in [5.41, 5.74) is 0.100. The molecule has 9 heteroatoms. The number of carbonyl (C=O) groups is 1. The minimum atomic E-state index is -1.08. The molecular weight excluding hydrogens is 364 g/mol. The number of carbonyl (C=O) groups excluding carboxylic acids is 1. The van der Waals surface area contributed by atoms with E-state index in [4.69, 9.17) is 23.7 Å². The van der Waals surface area contributed by atoms with E-state index in [1.807, 2.05) is 0 Å². The summed E-state index contributed by atoms with van der Waals surface area (Å²) in [5.74, 6) is -4.49. The molecule has 1 aromatic carbocycles. The van der Waals surface area contributed by atoms with Crippen molar-refractivity contribution < 1.29 is 37.3 Å².